The molecule has 0 aromatic carbocycles. The first kappa shape index (κ1) is 15.7. The molecule has 1 fully saturated rings. The van der Waals surface area contributed by atoms with Crippen molar-refractivity contribution in [3.8, 4) is 5.75 Å². The van der Waals surface area contributed by atoms with Crippen LogP contribution in [0.15, 0.2) is 10.9 Å². The van der Waals surface area contributed by atoms with E-state index in [0.29, 0.717) is 18.9 Å². The van der Waals surface area contributed by atoms with Crippen LogP contribution in [0.25, 0.3) is 0 Å². The van der Waals surface area contributed by atoms with Crippen LogP contribution in [0.4, 0.5) is 0 Å². The minimum absolute atomic E-state index is 0.0876. The molecule has 1 aromatic heterocycles. The van der Waals surface area contributed by atoms with Gasteiger partial charge in [0.05, 0.1) is 19.3 Å². The summed E-state index contributed by atoms with van der Waals surface area (Å²) in [6, 6.07) is 1.84. The Hall–Kier alpha value is -1.82. The van der Waals surface area contributed by atoms with Gasteiger partial charge in [-0.05, 0) is 32.6 Å². The fourth-order valence-electron chi connectivity index (χ4n) is 4.14. The van der Waals surface area contributed by atoms with Gasteiger partial charge in [0.1, 0.15) is 0 Å². The molecule has 0 N–H and O–H groups in total. The maximum Gasteiger partial charge on any atom is 0.276 e. The second-order valence-corrected chi connectivity index (χ2v) is 6.97. The monoisotopic (exact) mass is 332 g/mol. The predicted molar refractivity (Wildman–Crippen MR) is 88.5 cm³/mol. The molecule has 0 aliphatic carbocycles. The normalized spacial score (nSPS) is 27.8. The number of pyridine rings is 1. The van der Waals surface area contributed by atoms with E-state index in [9.17, 15) is 9.59 Å². The number of carbonyl (C=O) groups is 1. The van der Waals surface area contributed by atoms with E-state index in [1.54, 1.807) is 6.07 Å². The van der Waals surface area contributed by atoms with Crippen molar-refractivity contribution in [1.82, 2.24) is 9.47 Å². The Morgan fingerprint density at radius 2 is 2.17 bits per heavy atom. The number of carbonyl (C=O) groups excluding carboxylic acids is 1. The van der Waals surface area contributed by atoms with Crippen LogP contribution in [0.1, 0.15) is 61.8 Å². The summed E-state index contributed by atoms with van der Waals surface area (Å²) < 4.78 is 13.7. The molecule has 6 nitrogen and oxygen atoms in total. The van der Waals surface area contributed by atoms with Gasteiger partial charge in [0.15, 0.2) is 17.7 Å². The Labute approximate surface area is 141 Å². The van der Waals surface area contributed by atoms with Gasteiger partial charge in [0, 0.05) is 17.8 Å². The number of aromatic nitrogens is 1. The van der Waals surface area contributed by atoms with E-state index in [2.05, 4.69) is 13.8 Å². The van der Waals surface area contributed by atoms with Crippen LogP contribution in [-0.4, -0.2) is 40.9 Å². The Morgan fingerprint density at radius 1 is 1.33 bits per heavy atom. The Kier molecular flexibility index (Phi) is 3.87. The molecule has 0 spiro atoms. The number of amides is 1. The average molecular weight is 332 g/mol. The minimum atomic E-state index is -0.221. The summed E-state index contributed by atoms with van der Waals surface area (Å²) in [5.74, 6) is 0.0936. The van der Waals surface area contributed by atoms with E-state index in [4.69, 9.17) is 9.47 Å². The molecule has 1 saturated heterocycles. The second kappa shape index (κ2) is 5.92. The van der Waals surface area contributed by atoms with Gasteiger partial charge in [-0.2, -0.15) is 0 Å². The van der Waals surface area contributed by atoms with Crippen molar-refractivity contribution in [2.24, 2.45) is 0 Å². The van der Waals surface area contributed by atoms with Crippen LogP contribution in [-0.2, 0) is 11.2 Å². The molecule has 1 amide bonds. The zero-order chi connectivity index (χ0) is 16.8. The lowest BCUT2D eigenvalue weighted by Crippen LogP contribution is -2.58. The first-order valence-electron chi connectivity index (χ1n) is 8.99. The van der Waals surface area contributed by atoms with Crippen LogP contribution in [0.3, 0.4) is 0 Å². The second-order valence-electron chi connectivity index (χ2n) is 6.97. The van der Waals surface area contributed by atoms with Gasteiger partial charge in [0.2, 0.25) is 5.43 Å². The quantitative estimate of drug-likeness (QED) is 0.792. The maximum atomic E-state index is 13.2. The molecule has 3 aliphatic heterocycles. The van der Waals surface area contributed by atoms with Crippen molar-refractivity contribution in [3.05, 3.63) is 27.7 Å². The van der Waals surface area contributed by atoms with Crippen molar-refractivity contribution >= 4 is 5.91 Å². The van der Waals surface area contributed by atoms with E-state index in [0.717, 1.165) is 37.8 Å². The van der Waals surface area contributed by atoms with Crippen LogP contribution >= 0.6 is 0 Å². The van der Waals surface area contributed by atoms with Crippen molar-refractivity contribution in [2.45, 2.75) is 64.3 Å². The number of ether oxygens (including phenoxy) is 2. The summed E-state index contributed by atoms with van der Waals surface area (Å²) in [4.78, 5) is 27.6. The highest BCUT2D eigenvalue weighted by atomic mass is 16.5. The molecular formula is C18H24N2O4. The Balaban J connectivity index is 1.84. The fourth-order valence-corrected chi connectivity index (χ4v) is 4.14. The van der Waals surface area contributed by atoms with Crippen LogP contribution < -0.4 is 10.2 Å². The molecule has 0 saturated carbocycles. The van der Waals surface area contributed by atoms with Gasteiger partial charge in [-0.1, -0.05) is 13.3 Å². The summed E-state index contributed by atoms with van der Waals surface area (Å²) in [5, 5.41) is 0. The lowest BCUT2D eigenvalue weighted by atomic mass is 10.0. The number of hydrogen-bond donors (Lipinski definition) is 0. The number of unbranched alkanes of at least 4 members (excludes halogenated alkanes) is 1. The van der Waals surface area contributed by atoms with Crippen molar-refractivity contribution in [3.63, 3.8) is 0 Å². The fraction of sp³-hybridized carbons (Fsp3) is 0.667. The van der Waals surface area contributed by atoms with E-state index >= 15 is 0 Å². The van der Waals surface area contributed by atoms with Gasteiger partial charge in [-0.25, -0.2) is 0 Å². The zero-order valence-corrected chi connectivity index (χ0v) is 14.3. The standard InChI is InChI=1S/C18H24N2O4/c1-3-4-8-23-16-14(21)10-12-5-6-13-18-19(11(2)7-9-24-18)17(22)15(16)20(12)13/h10-11,13,18H,3-9H2,1-2H3/t11-,13?,18?/m1/s1. The molecule has 6 heteroatoms. The van der Waals surface area contributed by atoms with Crippen LogP contribution in [0, 0.1) is 0 Å². The molecule has 2 unspecified atom stereocenters. The van der Waals surface area contributed by atoms with E-state index < -0.39 is 0 Å². The lowest BCUT2D eigenvalue weighted by Gasteiger charge is -2.47. The lowest BCUT2D eigenvalue weighted by molar-refractivity contribution is -0.128. The molecule has 3 atom stereocenters. The highest BCUT2D eigenvalue weighted by Crippen LogP contribution is 2.42. The van der Waals surface area contributed by atoms with Crippen molar-refractivity contribution < 1.29 is 14.3 Å². The van der Waals surface area contributed by atoms with Crippen molar-refractivity contribution in [1.29, 1.82) is 0 Å². The third-order valence-corrected chi connectivity index (χ3v) is 5.40. The number of nitrogens with zero attached hydrogens (tertiary/aromatic N) is 2. The molecule has 0 bridgehead atoms. The Morgan fingerprint density at radius 3 is 2.96 bits per heavy atom. The first-order valence-corrected chi connectivity index (χ1v) is 8.99. The van der Waals surface area contributed by atoms with Gasteiger partial charge in [0.25, 0.3) is 5.91 Å². The van der Waals surface area contributed by atoms with Gasteiger partial charge >= 0.3 is 0 Å². The third-order valence-electron chi connectivity index (χ3n) is 5.40. The molecule has 3 aliphatic rings. The summed E-state index contributed by atoms with van der Waals surface area (Å²) >= 11 is 0. The van der Waals surface area contributed by atoms with Gasteiger partial charge in [-0.3, -0.25) is 9.59 Å². The van der Waals surface area contributed by atoms with Crippen molar-refractivity contribution in [2.75, 3.05) is 13.2 Å². The molecular weight excluding hydrogens is 308 g/mol. The highest BCUT2D eigenvalue weighted by Gasteiger charge is 2.48. The molecule has 1 aromatic rings. The number of fused-ring (bicyclic) bond motifs is 2. The minimum Gasteiger partial charge on any atom is -0.487 e. The van der Waals surface area contributed by atoms with Gasteiger partial charge in [-0.15, -0.1) is 0 Å². The number of aryl methyl sites for hydroxylation is 1. The third kappa shape index (κ3) is 2.19. The SMILES string of the molecule is CCCCOc1c2n3c(cc1=O)CCC3C1OCC[C@@H](C)N1C2=O. The van der Waals surface area contributed by atoms with Crippen LogP contribution in [0.5, 0.6) is 5.75 Å². The average Bonchev–Trinajstić information content (AvgIpc) is 2.97. The largest absolute Gasteiger partial charge is 0.487 e. The molecule has 24 heavy (non-hydrogen) atoms. The molecule has 0 radical (unpaired) electrons. The summed E-state index contributed by atoms with van der Waals surface area (Å²) in [5.41, 5.74) is 1.19. The van der Waals surface area contributed by atoms with Gasteiger partial charge < -0.3 is 18.9 Å². The number of rotatable bonds is 4. The predicted octanol–water partition coefficient (Wildman–Crippen LogP) is 2.11. The van der Waals surface area contributed by atoms with Crippen LogP contribution in [0.2, 0.25) is 0 Å². The molecule has 4 rings (SSSR count). The van der Waals surface area contributed by atoms with E-state index in [1.807, 2.05) is 9.47 Å². The zero-order valence-electron chi connectivity index (χ0n) is 14.3. The maximum absolute atomic E-state index is 13.2. The molecule has 130 valence electrons. The highest BCUT2D eigenvalue weighted by molar-refractivity contribution is 5.96. The smallest absolute Gasteiger partial charge is 0.276 e. The summed E-state index contributed by atoms with van der Waals surface area (Å²) in [7, 11) is 0. The molecule has 4 heterocycles. The summed E-state index contributed by atoms with van der Waals surface area (Å²) in [6.07, 6.45) is 4.15. The van der Waals surface area contributed by atoms with E-state index in [-0.39, 0.29) is 35.4 Å². The summed E-state index contributed by atoms with van der Waals surface area (Å²) in [6.45, 7) is 5.27. The Bertz CT molecular complexity index is 726. The topological polar surface area (TPSA) is 60.8 Å². The van der Waals surface area contributed by atoms with E-state index in [1.165, 1.54) is 0 Å². The number of hydrogen-bond acceptors (Lipinski definition) is 4. The first-order chi connectivity index (χ1) is 11.6.